The van der Waals surface area contributed by atoms with Crippen LogP contribution in [-0.4, -0.2) is 17.0 Å². The molecule has 2 N–H and O–H groups in total. The minimum atomic E-state index is -0.950. The minimum absolute atomic E-state index is 0.326. The van der Waals surface area contributed by atoms with Gasteiger partial charge in [-0.3, -0.25) is 9.59 Å². The first-order chi connectivity index (χ1) is 10.3. The van der Waals surface area contributed by atoms with Gasteiger partial charge in [-0.25, -0.2) is 0 Å². The summed E-state index contributed by atoms with van der Waals surface area (Å²) in [6.07, 6.45) is 0.841. The lowest BCUT2D eigenvalue weighted by Gasteiger charge is -2.29. The Morgan fingerprint density at radius 3 is 2.27 bits per heavy atom. The lowest BCUT2D eigenvalue weighted by molar-refractivity contribution is -0.146. The molecule has 2 atom stereocenters. The summed E-state index contributed by atoms with van der Waals surface area (Å²) in [4.78, 5) is 23.9. The average molecular weight is 342 g/mol. The van der Waals surface area contributed by atoms with Gasteiger partial charge in [-0.05, 0) is 44.9 Å². The van der Waals surface area contributed by atoms with Crippen LogP contribution in [0.4, 0.5) is 5.69 Å². The van der Waals surface area contributed by atoms with Crippen LogP contribution in [0.2, 0.25) is 10.0 Å². The highest BCUT2D eigenvalue weighted by molar-refractivity contribution is 6.36. The topological polar surface area (TPSA) is 66.4 Å². The first-order valence-electron chi connectivity index (χ1n) is 6.93. The largest absolute Gasteiger partial charge is 0.481 e. The molecule has 0 saturated carbocycles. The molecule has 0 heterocycles. The maximum atomic E-state index is 12.5. The van der Waals surface area contributed by atoms with E-state index in [1.54, 1.807) is 12.1 Å². The van der Waals surface area contributed by atoms with Crippen molar-refractivity contribution in [3.8, 4) is 0 Å². The van der Waals surface area contributed by atoms with Crippen LogP contribution in [0.1, 0.15) is 26.7 Å². The Labute approximate surface area is 139 Å². The first-order valence-corrected chi connectivity index (χ1v) is 7.69. The van der Waals surface area contributed by atoms with Crippen LogP contribution < -0.4 is 5.32 Å². The molecule has 118 valence electrons. The van der Waals surface area contributed by atoms with E-state index in [0.29, 0.717) is 28.6 Å². The van der Waals surface area contributed by atoms with E-state index in [1.807, 2.05) is 13.8 Å². The van der Waals surface area contributed by atoms with Crippen molar-refractivity contribution in [3.63, 3.8) is 0 Å². The molecule has 0 saturated heterocycles. The molecule has 1 aromatic carbocycles. The molecule has 0 aromatic heterocycles. The van der Waals surface area contributed by atoms with E-state index in [-0.39, 0.29) is 5.91 Å². The lowest BCUT2D eigenvalue weighted by Crippen LogP contribution is -2.36. The summed E-state index contributed by atoms with van der Waals surface area (Å²) in [6.45, 7) is 3.85. The molecular weight excluding hydrogens is 325 g/mol. The van der Waals surface area contributed by atoms with Crippen molar-refractivity contribution >= 4 is 40.8 Å². The summed E-state index contributed by atoms with van der Waals surface area (Å²) >= 11 is 11.9. The van der Waals surface area contributed by atoms with E-state index < -0.39 is 17.8 Å². The second-order valence-corrected chi connectivity index (χ2v) is 6.48. The van der Waals surface area contributed by atoms with Gasteiger partial charge in [-0.2, -0.15) is 0 Å². The van der Waals surface area contributed by atoms with Gasteiger partial charge in [0.25, 0.3) is 0 Å². The molecule has 1 aliphatic carbocycles. The molecule has 0 unspecified atom stereocenters. The predicted molar refractivity (Wildman–Crippen MR) is 87.3 cm³/mol. The number of carboxylic acid groups (broad SMARTS) is 1. The normalized spacial score (nSPS) is 21.6. The monoisotopic (exact) mass is 341 g/mol. The Morgan fingerprint density at radius 1 is 1.14 bits per heavy atom. The standard InChI is InChI=1S/C16H17Cl2NO3/c1-8-5-11(12(16(21)22)6-9(8)2)15(20)19-14-4-3-10(17)7-13(14)18/h3-4,7,11-12H,5-6H2,1-2H3,(H,19,20)(H,21,22)/t11-,12+/m0/s1. The van der Waals surface area contributed by atoms with Crippen molar-refractivity contribution in [1.29, 1.82) is 0 Å². The fraction of sp³-hybridized carbons (Fsp3) is 0.375. The molecule has 22 heavy (non-hydrogen) atoms. The van der Waals surface area contributed by atoms with Gasteiger partial charge in [0.05, 0.1) is 22.5 Å². The summed E-state index contributed by atoms with van der Waals surface area (Å²) in [6, 6.07) is 4.76. The summed E-state index contributed by atoms with van der Waals surface area (Å²) in [5.41, 5.74) is 2.55. The number of halogens is 2. The fourth-order valence-electron chi connectivity index (χ4n) is 2.64. The number of carbonyl (C=O) groups excluding carboxylic acids is 1. The Balaban J connectivity index is 2.21. The van der Waals surface area contributed by atoms with Crippen LogP contribution in [0.25, 0.3) is 0 Å². The van der Waals surface area contributed by atoms with E-state index in [1.165, 1.54) is 6.07 Å². The number of hydrogen-bond acceptors (Lipinski definition) is 2. The number of nitrogens with one attached hydrogen (secondary N) is 1. The van der Waals surface area contributed by atoms with E-state index in [0.717, 1.165) is 11.1 Å². The second-order valence-electron chi connectivity index (χ2n) is 5.63. The Morgan fingerprint density at radius 2 is 1.73 bits per heavy atom. The van der Waals surface area contributed by atoms with Crippen molar-refractivity contribution in [1.82, 2.24) is 0 Å². The molecule has 1 aliphatic rings. The van der Waals surface area contributed by atoms with E-state index in [4.69, 9.17) is 23.2 Å². The quantitative estimate of drug-likeness (QED) is 0.801. The molecule has 0 aliphatic heterocycles. The highest BCUT2D eigenvalue weighted by Crippen LogP contribution is 2.35. The van der Waals surface area contributed by atoms with Crippen molar-refractivity contribution < 1.29 is 14.7 Å². The molecule has 1 amide bonds. The molecule has 0 bridgehead atoms. The van der Waals surface area contributed by atoms with Gasteiger partial charge < -0.3 is 10.4 Å². The maximum absolute atomic E-state index is 12.5. The van der Waals surface area contributed by atoms with Crippen LogP contribution in [0, 0.1) is 11.8 Å². The van der Waals surface area contributed by atoms with Gasteiger partial charge in [-0.1, -0.05) is 34.3 Å². The third-order valence-electron chi connectivity index (χ3n) is 4.11. The zero-order chi connectivity index (χ0) is 16.4. The van der Waals surface area contributed by atoms with E-state index in [2.05, 4.69) is 5.32 Å². The molecular formula is C16H17Cl2NO3. The number of rotatable bonds is 3. The SMILES string of the molecule is CC1=C(C)C[C@@H](C(=O)O)[C@@H](C(=O)Nc2ccc(Cl)cc2Cl)C1. The van der Waals surface area contributed by atoms with Gasteiger partial charge in [0.15, 0.2) is 0 Å². The minimum Gasteiger partial charge on any atom is -0.481 e. The lowest BCUT2D eigenvalue weighted by atomic mass is 9.76. The number of anilines is 1. The van der Waals surface area contributed by atoms with Crippen LogP contribution in [0.5, 0.6) is 0 Å². The molecule has 0 spiro atoms. The third kappa shape index (κ3) is 3.62. The summed E-state index contributed by atoms with van der Waals surface area (Å²) in [7, 11) is 0. The van der Waals surface area contributed by atoms with Crippen LogP contribution in [0.3, 0.4) is 0 Å². The Bertz CT molecular complexity index is 655. The van der Waals surface area contributed by atoms with Crippen molar-refractivity contribution in [3.05, 3.63) is 39.4 Å². The number of aliphatic carboxylic acids is 1. The van der Waals surface area contributed by atoms with Crippen LogP contribution in [0.15, 0.2) is 29.3 Å². The number of carboxylic acids is 1. The highest BCUT2D eigenvalue weighted by Gasteiger charge is 2.37. The van der Waals surface area contributed by atoms with E-state index in [9.17, 15) is 14.7 Å². The fourth-order valence-corrected chi connectivity index (χ4v) is 3.10. The summed E-state index contributed by atoms with van der Waals surface area (Å²) in [5, 5.41) is 12.9. The smallest absolute Gasteiger partial charge is 0.307 e. The highest BCUT2D eigenvalue weighted by atomic mass is 35.5. The average Bonchev–Trinajstić information content (AvgIpc) is 2.44. The zero-order valence-corrected chi connectivity index (χ0v) is 13.8. The number of carbonyl (C=O) groups is 2. The Hall–Kier alpha value is -1.52. The Kier molecular flexibility index (Phi) is 5.14. The molecule has 6 heteroatoms. The van der Waals surface area contributed by atoms with Gasteiger partial charge in [-0.15, -0.1) is 0 Å². The molecule has 4 nitrogen and oxygen atoms in total. The number of hydrogen-bond donors (Lipinski definition) is 2. The van der Waals surface area contributed by atoms with Crippen LogP contribution >= 0.6 is 23.2 Å². The maximum Gasteiger partial charge on any atom is 0.307 e. The molecule has 1 aromatic rings. The summed E-state index contributed by atoms with van der Waals surface area (Å²) < 4.78 is 0. The molecule has 0 radical (unpaired) electrons. The summed E-state index contributed by atoms with van der Waals surface area (Å²) in [5.74, 6) is -2.60. The van der Waals surface area contributed by atoms with Gasteiger partial charge >= 0.3 is 5.97 Å². The first kappa shape index (κ1) is 16.8. The third-order valence-corrected chi connectivity index (χ3v) is 4.66. The molecule has 2 rings (SSSR count). The van der Waals surface area contributed by atoms with Gasteiger partial charge in [0, 0.05) is 5.02 Å². The number of benzene rings is 1. The van der Waals surface area contributed by atoms with Crippen molar-refractivity contribution in [2.24, 2.45) is 11.8 Å². The van der Waals surface area contributed by atoms with Crippen molar-refractivity contribution in [2.45, 2.75) is 26.7 Å². The van der Waals surface area contributed by atoms with Gasteiger partial charge in [0.1, 0.15) is 0 Å². The van der Waals surface area contributed by atoms with E-state index >= 15 is 0 Å². The predicted octanol–water partition coefficient (Wildman–Crippen LogP) is 4.38. The van der Waals surface area contributed by atoms with Gasteiger partial charge in [0.2, 0.25) is 5.91 Å². The number of allylic oxidation sites excluding steroid dienone is 2. The van der Waals surface area contributed by atoms with Crippen LogP contribution in [-0.2, 0) is 9.59 Å². The molecule has 0 fully saturated rings. The van der Waals surface area contributed by atoms with Crippen molar-refractivity contribution in [2.75, 3.05) is 5.32 Å². The zero-order valence-electron chi connectivity index (χ0n) is 12.3. The number of amides is 1. The second kappa shape index (κ2) is 6.71.